The van der Waals surface area contributed by atoms with Crippen LogP contribution in [-0.4, -0.2) is 130 Å². The molecule has 0 atom stereocenters. The minimum absolute atomic E-state index is 0.0381. The van der Waals surface area contributed by atoms with Crippen molar-refractivity contribution in [2.45, 2.75) is 26.7 Å². The smallest absolute Gasteiger partial charge is 0.338 e. The molecule has 73 heavy (non-hydrogen) atoms. The van der Waals surface area contributed by atoms with Gasteiger partial charge in [0.05, 0.1) is 77.7 Å². The van der Waals surface area contributed by atoms with Crippen molar-refractivity contribution < 1.29 is 33.2 Å². The summed E-state index contributed by atoms with van der Waals surface area (Å²) in [5.41, 5.74) is 8.41. The molecule has 364 valence electrons. The number of aromatic nitrogens is 10. The molecule has 10 rings (SSSR count). The Morgan fingerprint density at radius 3 is 1.93 bits per heavy atom. The Labute approximate surface area is 416 Å². The fourth-order valence-electron chi connectivity index (χ4n) is 9.37. The number of nitrogens with one attached hydrogen (secondary N) is 3. The number of carbonyl (C=O) groups is 4. The summed E-state index contributed by atoms with van der Waals surface area (Å²) in [5, 5.41) is 34.6. The van der Waals surface area contributed by atoms with Gasteiger partial charge in [0.1, 0.15) is 35.3 Å². The predicted molar refractivity (Wildman–Crippen MR) is 262 cm³/mol. The van der Waals surface area contributed by atoms with Gasteiger partial charge in [0, 0.05) is 39.1 Å². The number of carbonyl (C=O) groups excluding carboxylic acids is 4. The second kappa shape index (κ2) is 19.3. The molecular weight excluding hydrogens is 933 g/mol. The maximum atomic E-state index is 14.2. The molecular formula is C51H45N16O6+. The van der Waals surface area contributed by atoms with Crippen LogP contribution in [0.25, 0.3) is 50.3 Å². The Bertz CT molecular complexity index is 3700. The van der Waals surface area contributed by atoms with E-state index in [1.54, 1.807) is 41.3 Å². The second-order valence-corrected chi connectivity index (χ2v) is 17.2. The van der Waals surface area contributed by atoms with E-state index in [1.165, 1.54) is 60.2 Å². The number of H-pyrrole nitrogens is 2. The van der Waals surface area contributed by atoms with Crippen LogP contribution in [0.15, 0.2) is 103 Å². The van der Waals surface area contributed by atoms with E-state index >= 15 is 0 Å². The number of ether oxygens (including phenoxy) is 2. The van der Waals surface area contributed by atoms with Crippen LogP contribution in [0.4, 0.5) is 0 Å². The van der Waals surface area contributed by atoms with Gasteiger partial charge < -0.3 is 19.4 Å². The van der Waals surface area contributed by atoms with Crippen LogP contribution >= 0.6 is 0 Å². The fourth-order valence-corrected chi connectivity index (χ4v) is 9.37. The highest BCUT2D eigenvalue weighted by atomic mass is 16.5. The molecule has 0 radical (unpaired) electrons. The van der Waals surface area contributed by atoms with Crippen LogP contribution in [0.2, 0.25) is 0 Å². The molecule has 2 fully saturated rings. The molecule has 8 aromatic rings. The van der Waals surface area contributed by atoms with Gasteiger partial charge in [-0.15, -0.1) is 0 Å². The van der Waals surface area contributed by atoms with Crippen molar-refractivity contribution in [2.24, 2.45) is 0 Å². The summed E-state index contributed by atoms with van der Waals surface area (Å²) in [6, 6.07) is 21.1. The Morgan fingerprint density at radius 2 is 1.32 bits per heavy atom. The number of allylic oxidation sites excluding steroid dienone is 2. The number of nitrogens with zero attached hydrogens (tertiary/aromatic N) is 13. The van der Waals surface area contributed by atoms with Crippen molar-refractivity contribution >= 4 is 56.3 Å². The van der Waals surface area contributed by atoms with Crippen LogP contribution < -0.4 is 19.5 Å². The quantitative estimate of drug-likeness (QED) is 0.0708. The number of aryl methyl sites for hydroxylation is 2. The number of pyridine rings is 2. The molecule has 2 aromatic carbocycles. The number of likely N-dealkylation sites (N-methyl/N-ethyl adjacent to an activating group) is 1. The Balaban J connectivity index is 0.917. The van der Waals surface area contributed by atoms with Gasteiger partial charge in [-0.2, -0.15) is 25.2 Å². The maximum absolute atomic E-state index is 14.2. The first-order chi connectivity index (χ1) is 35.4. The molecule has 3 N–H and O–H groups in total. The van der Waals surface area contributed by atoms with Gasteiger partial charge in [-0.25, -0.2) is 25.1 Å². The number of hydrogen-bond acceptors (Lipinski definition) is 15. The van der Waals surface area contributed by atoms with E-state index in [2.05, 4.69) is 52.7 Å². The highest BCUT2D eigenvalue weighted by molar-refractivity contribution is 6.45. The zero-order valence-electron chi connectivity index (χ0n) is 40.2. The van der Waals surface area contributed by atoms with E-state index in [1.807, 2.05) is 54.6 Å². The maximum Gasteiger partial charge on any atom is 0.338 e. The third-order valence-corrected chi connectivity index (χ3v) is 12.9. The van der Waals surface area contributed by atoms with E-state index < -0.39 is 23.4 Å². The number of benzene rings is 2. The molecule has 0 aliphatic carbocycles. The van der Waals surface area contributed by atoms with E-state index in [0.717, 1.165) is 16.7 Å². The number of hydrogen-bond donors (Lipinski definition) is 3. The molecule has 2 saturated heterocycles. The van der Waals surface area contributed by atoms with Crippen molar-refractivity contribution in [3.8, 4) is 41.0 Å². The normalized spacial score (nSPS) is 15.5. The van der Waals surface area contributed by atoms with Crippen molar-refractivity contribution in [1.82, 2.24) is 64.9 Å². The Morgan fingerprint density at radius 1 is 0.712 bits per heavy atom. The molecule has 0 bridgehead atoms. The summed E-state index contributed by atoms with van der Waals surface area (Å²) in [7, 11) is 4.61. The monoisotopic (exact) mass is 977 g/mol. The van der Waals surface area contributed by atoms with Crippen molar-refractivity contribution in [3.05, 3.63) is 137 Å². The molecule has 22 nitrogen and oxygen atoms in total. The van der Waals surface area contributed by atoms with Gasteiger partial charge in [0.25, 0.3) is 11.6 Å². The number of aromatic amines is 2. The summed E-state index contributed by atoms with van der Waals surface area (Å²) in [5.74, 6) is -0.726. The van der Waals surface area contributed by atoms with Crippen LogP contribution in [0, 0.1) is 36.5 Å². The summed E-state index contributed by atoms with van der Waals surface area (Å²) in [6.07, 6.45) is 9.94. The van der Waals surface area contributed by atoms with E-state index in [9.17, 15) is 29.7 Å². The van der Waals surface area contributed by atoms with Gasteiger partial charge in [-0.05, 0) is 73.2 Å². The number of Topliss-reactive ketones (excluding diaryl/α,β-unsaturated/α-hetero) is 2. The van der Waals surface area contributed by atoms with Gasteiger partial charge in [-0.1, -0.05) is 40.1 Å². The molecule has 2 aliphatic heterocycles. The number of fused-ring (bicyclic) bond motifs is 2. The Kier molecular flexibility index (Phi) is 12.4. The largest absolute Gasteiger partial charge is 0.494 e. The number of ketones is 2. The van der Waals surface area contributed by atoms with Crippen molar-refractivity contribution in [1.29, 1.82) is 10.5 Å². The average Bonchev–Trinajstić information content (AvgIpc) is 4.26. The van der Waals surface area contributed by atoms with Crippen LogP contribution in [0.3, 0.4) is 0 Å². The third kappa shape index (κ3) is 8.41. The predicted octanol–water partition coefficient (Wildman–Crippen LogP) is 4.25. The first-order valence-electron chi connectivity index (χ1n) is 22.9. The zero-order valence-corrected chi connectivity index (χ0v) is 40.2. The topological polar surface area (TPSA) is 266 Å². The summed E-state index contributed by atoms with van der Waals surface area (Å²) in [6.45, 7) is 4.19. The minimum Gasteiger partial charge on any atom is -0.494 e. The molecule has 2 amide bonds. The molecule has 8 heterocycles. The fraction of sp³-hybridized carbons (Fsp3) is 0.216. The highest BCUT2D eigenvalue weighted by Gasteiger charge is 2.36. The highest BCUT2D eigenvalue weighted by Crippen LogP contribution is 2.35. The lowest BCUT2D eigenvalue weighted by molar-refractivity contribution is -0.589. The first kappa shape index (κ1) is 47.1. The number of hydrazine groups is 2. The molecule has 0 saturated carbocycles. The van der Waals surface area contributed by atoms with Gasteiger partial charge in [0.15, 0.2) is 17.4 Å². The lowest BCUT2D eigenvalue weighted by Gasteiger charge is -2.37. The molecule has 2 aliphatic rings. The van der Waals surface area contributed by atoms with Crippen LogP contribution in [0.1, 0.15) is 56.3 Å². The Hall–Kier alpha value is -9.64. The third-order valence-electron chi connectivity index (χ3n) is 12.9. The average molecular weight is 978 g/mol. The van der Waals surface area contributed by atoms with Crippen molar-refractivity contribution in [3.63, 3.8) is 0 Å². The minimum atomic E-state index is -0.811. The van der Waals surface area contributed by atoms with Gasteiger partial charge in [0.2, 0.25) is 6.33 Å². The molecule has 22 heteroatoms. The SMILES string of the molecule is COc1cnc(-n2cnc(C)n2)c2[nH]cc(C(=O)C(=O)N3CCC(=C(C#N)c4ccc(-[n+]5cc(OC)c6c(C(=O)C(=O)N7CC(=C(C#N)c8ccccc8)CCN7)c[nH]c6c5-n5cnc(C)n5)cc4)CN3C)c12. The lowest BCUT2D eigenvalue weighted by Crippen LogP contribution is -2.51. The van der Waals surface area contributed by atoms with Crippen LogP contribution in [0.5, 0.6) is 11.5 Å². The van der Waals surface area contributed by atoms with Crippen molar-refractivity contribution in [2.75, 3.05) is 47.4 Å². The van der Waals surface area contributed by atoms with Gasteiger partial charge in [-0.3, -0.25) is 29.2 Å². The van der Waals surface area contributed by atoms with E-state index in [-0.39, 0.29) is 36.5 Å². The number of rotatable bonds is 11. The van der Waals surface area contributed by atoms with E-state index in [0.29, 0.717) is 92.6 Å². The van der Waals surface area contributed by atoms with E-state index in [4.69, 9.17) is 9.47 Å². The molecule has 6 aromatic heterocycles. The number of amides is 2. The van der Waals surface area contributed by atoms with Crippen LogP contribution in [-0.2, 0) is 9.59 Å². The number of nitriles is 2. The molecule has 0 spiro atoms. The summed E-state index contributed by atoms with van der Waals surface area (Å²) < 4.78 is 16.3. The lowest BCUT2D eigenvalue weighted by atomic mass is 9.97. The standard InChI is InChI=1S/C51H44N16O6/c1-29-57-27-65(60-29)48-44-42(40(72-4)23-56-48)38(21-54-44)47(69)51(71)67-18-16-34(24-62(67)3)37(20-53)32-11-13-35(14-12-32)63-26-41(73-5)43-39(22-55-45(43)49(63)66-28-58-30(2)61-66)46(68)50(70)64-25-33(15-17-59-64)36(19-52)31-9-7-6-8-10-31/h6-14,21-23,26-28,59H,15-18,24-25H2,1-5H3,(H,54,56,69)/p+1. The second-order valence-electron chi connectivity index (χ2n) is 17.2. The first-order valence-corrected chi connectivity index (χ1v) is 22.9. The summed E-state index contributed by atoms with van der Waals surface area (Å²) in [4.78, 5) is 75.4. The van der Waals surface area contributed by atoms with Gasteiger partial charge >= 0.3 is 17.6 Å². The molecule has 0 unspecified atom stereocenters. The summed E-state index contributed by atoms with van der Waals surface area (Å²) >= 11 is 0. The zero-order chi connectivity index (χ0) is 51.1. The number of methoxy groups -OCH3 is 2.